The Labute approximate surface area is 146 Å². The highest BCUT2D eigenvalue weighted by Gasteiger charge is 2.32. The van der Waals surface area contributed by atoms with Crippen LogP contribution in [-0.4, -0.2) is 48.9 Å². The Kier molecular flexibility index (Phi) is 11.1. The zero-order chi connectivity index (χ0) is 11.4. The fourth-order valence-electron chi connectivity index (χ4n) is 0.616. The minimum absolute atomic E-state index is 0.174. The fraction of sp³-hybridized carbons (Fsp3) is 1.00. The first-order valence-electron chi connectivity index (χ1n) is 3.18. The Morgan fingerprint density at radius 3 is 1.07 bits per heavy atom. The smallest absolute Gasteiger partial charge is 0.0676 e. The first kappa shape index (κ1) is 17.7. The second-order valence-electron chi connectivity index (χ2n) is 2.09. The van der Waals surface area contributed by atoms with E-state index in [4.69, 9.17) is 0 Å². The first-order chi connectivity index (χ1) is 6.25. The van der Waals surface area contributed by atoms with Gasteiger partial charge in [-0.2, -0.15) is 0 Å². The molecule has 0 aromatic heterocycles. The molecule has 0 spiro atoms. The normalized spacial score (nSPS) is 13.3. The van der Waals surface area contributed by atoms with Gasteiger partial charge in [0.2, 0.25) is 0 Å². The quantitative estimate of drug-likeness (QED) is 0.308. The van der Waals surface area contributed by atoms with Crippen molar-refractivity contribution < 1.29 is 0 Å². The van der Waals surface area contributed by atoms with Gasteiger partial charge in [-0.25, -0.2) is 0 Å². The number of rotatable bonds is 6. The number of halogens is 6. The van der Waals surface area contributed by atoms with Gasteiger partial charge in [-0.05, 0) is 0 Å². The minimum Gasteiger partial charge on any atom is -0.0809 e. The number of alkyl halides is 6. The average molecular weight is 643 g/mol. The van der Waals surface area contributed by atoms with Crippen LogP contribution in [0.4, 0.5) is 0 Å². The molecule has 0 nitrogen and oxygen atoms in total. The molecule has 0 aliphatic rings. The zero-order valence-corrected chi connectivity index (χ0v) is 20.0. The van der Waals surface area contributed by atoms with E-state index in [1.54, 1.807) is 0 Å². The second kappa shape index (κ2) is 8.78. The van der Waals surface area contributed by atoms with E-state index in [2.05, 4.69) is 106 Å². The molecule has 0 saturated heterocycles. The number of hydrogen-bond acceptors (Lipinski definition) is 0. The first-order valence-corrected chi connectivity index (χ1v) is 12.4. The maximum atomic E-state index is 3.90. The van der Waals surface area contributed by atoms with Crippen LogP contribution in [0.5, 0.6) is 0 Å². The molecule has 0 aliphatic carbocycles. The highest BCUT2D eigenvalue weighted by molar-refractivity contribution is 9.26. The van der Waals surface area contributed by atoms with E-state index in [0.29, 0.717) is 10.1 Å². The Hall–Kier alpha value is 3.75. The van der Waals surface area contributed by atoms with E-state index in [1.165, 1.54) is 0 Å². The summed E-state index contributed by atoms with van der Waals surface area (Å²) in [4.78, 5) is 0. The standard InChI is InChI=1S/C4H3Br6Si4/c5-1(6)12-4(11,13-2(7)8)14-3(9)10/h1-3H. The lowest BCUT2D eigenvalue weighted by Gasteiger charge is -2.29. The van der Waals surface area contributed by atoms with Gasteiger partial charge in [0.25, 0.3) is 0 Å². The van der Waals surface area contributed by atoms with Gasteiger partial charge in [0, 0.05) is 10.2 Å². The molecule has 0 bridgehead atoms. The summed E-state index contributed by atoms with van der Waals surface area (Å²) in [5.41, 5.74) is 0. The molecular weight excluding hydrogens is 640 g/mol. The van der Waals surface area contributed by atoms with Gasteiger partial charge in [-0.1, -0.05) is 99.5 Å². The second-order valence-corrected chi connectivity index (χ2v) is 24.9. The van der Waals surface area contributed by atoms with Gasteiger partial charge < -0.3 is 0 Å². The van der Waals surface area contributed by atoms with E-state index in [9.17, 15) is 0 Å². The molecule has 0 aromatic carbocycles. The molecule has 0 saturated carbocycles. The van der Waals surface area contributed by atoms with Crippen molar-refractivity contribution in [1.29, 1.82) is 0 Å². The Bertz CT molecular complexity index is 137. The van der Waals surface area contributed by atoms with Crippen molar-refractivity contribution in [2.24, 2.45) is 0 Å². The van der Waals surface area contributed by atoms with Gasteiger partial charge in [0.1, 0.15) is 0 Å². The van der Waals surface area contributed by atoms with Crippen LogP contribution >= 0.6 is 95.6 Å². The molecule has 10 heteroatoms. The van der Waals surface area contributed by atoms with Crippen molar-refractivity contribution in [2.75, 3.05) is 0 Å². The maximum Gasteiger partial charge on any atom is 0.0676 e. The topological polar surface area (TPSA) is 0 Å². The summed E-state index contributed by atoms with van der Waals surface area (Å²) in [5, 5.41) is 0. The largest absolute Gasteiger partial charge is 0.0809 e. The molecule has 0 aromatic rings. The van der Waals surface area contributed by atoms with Crippen LogP contribution in [0.3, 0.4) is 0 Å². The van der Waals surface area contributed by atoms with Crippen LogP contribution in [0.1, 0.15) is 0 Å². The summed E-state index contributed by atoms with van der Waals surface area (Å²) in [6.07, 6.45) is 0. The summed E-state index contributed by atoms with van der Waals surface area (Å²) >= 11 is 21.2. The van der Waals surface area contributed by atoms with Crippen LogP contribution in [-0.2, 0) is 0 Å². The molecule has 0 aliphatic heterocycles. The lowest BCUT2D eigenvalue weighted by Crippen LogP contribution is -2.41. The van der Waals surface area contributed by atoms with Gasteiger partial charge in [0.15, 0.2) is 0 Å². The van der Waals surface area contributed by atoms with E-state index < -0.39 is 0 Å². The summed E-state index contributed by atoms with van der Waals surface area (Å²) in [6, 6.07) is 0. The van der Waals surface area contributed by atoms with Crippen LogP contribution in [0.2, 0.25) is 3.91 Å². The molecule has 0 rings (SSSR count). The third-order valence-corrected chi connectivity index (χ3v) is 10.9. The fourth-order valence-corrected chi connectivity index (χ4v) is 24.1. The van der Waals surface area contributed by atoms with Gasteiger partial charge in [-0.15, -0.1) is 0 Å². The lowest BCUT2D eigenvalue weighted by molar-refractivity contribution is 1.52. The predicted octanol–water partition coefficient (Wildman–Crippen LogP) is 3.52. The maximum absolute atomic E-state index is 3.90. The summed E-state index contributed by atoms with van der Waals surface area (Å²) in [5.74, 6) is 0. The Morgan fingerprint density at radius 2 is 0.929 bits per heavy atom. The zero-order valence-electron chi connectivity index (χ0n) is 6.50. The molecule has 14 heavy (non-hydrogen) atoms. The number of hydrogen-bond donors (Lipinski definition) is 0. The highest BCUT2D eigenvalue weighted by atomic mass is 79.9. The molecule has 0 atom stereocenters. The summed E-state index contributed by atoms with van der Waals surface area (Å²) < 4.78 is 1.27. The Morgan fingerprint density at radius 1 is 0.714 bits per heavy atom. The van der Waals surface area contributed by atoms with Crippen molar-refractivity contribution in [1.82, 2.24) is 0 Å². The minimum atomic E-state index is 0.174. The van der Waals surface area contributed by atoms with Crippen LogP contribution < -0.4 is 0 Å². The third kappa shape index (κ3) is 9.74. The monoisotopic (exact) mass is 636 g/mol. The van der Waals surface area contributed by atoms with Gasteiger partial charge >= 0.3 is 0 Å². The molecule has 0 N–H and O–H groups in total. The van der Waals surface area contributed by atoms with E-state index in [-0.39, 0.29) is 3.91 Å². The van der Waals surface area contributed by atoms with Crippen LogP contribution in [0.15, 0.2) is 0 Å². The van der Waals surface area contributed by atoms with Crippen molar-refractivity contribution in [3.05, 3.63) is 0 Å². The molecule has 77 valence electrons. The van der Waals surface area contributed by atoms with E-state index >= 15 is 0 Å². The van der Waals surface area contributed by atoms with Gasteiger partial charge in [0.05, 0.1) is 38.6 Å². The molecule has 0 amide bonds. The molecular formula is C4H3Br6Si4. The van der Waals surface area contributed by atoms with Crippen molar-refractivity contribution >= 4 is 134 Å². The Balaban J connectivity index is 4.32. The van der Waals surface area contributed by atoms with Crippen molar-refractivity contribution in [3.8, 4) is 0 Å². The third-order valence-electron chi connectivity index (χ3n) is 0.977. The van der Waals surface area contributed by atoms with Crippen LogP contribution in [0, 0.1) is 0 Å². The predicted molar refractivity (Wildman–Crippen MR) is 90.6 cm³/mol. The molecule has 9 radical (unpaired) electrons. The van der Waals surface area contributed by atoms with Crippen molar-refractivity contribution in [2.45, 2.75) is 14.0 Å². The van der Waals surface area contributed by atoms with Crippen molar-refractivity contribution in [3.63, 3.8) is 0 Å². The van der Waals surface area contributed by atoms with Gasteiger partial charge in [-0.3, -0.25) is 0 Å². The van der Waals surface area contributed by atoms with Crippen LogP contribution in [0.25, 0.3) is 0 Å². The summed E-state index contributed by atoms with van der Waals surface area (Å²) in [6.45, 7) is 0. The SMILES string of the molecule is [Si]C([Si]C(Br)Br)([Si]C(Br)Br)[Si]C(Br)Br. The average Bonchev–Trinajstić information content (AvgIpc) is 1.76. The molecule has 0 heterocycles. The van der Waals surface area contributed by atoms with E-state index in [1.807, 2.05) is 0 Å². The lowest BCUT2D eigenvalue weighted by atomic mass is 11.7. The summed E-state index contributed by atoms with van der Waals surface area (Å²) in [7, 11) is 6.21. The highest BCUT2D eigenvalue weighted by Crippen LogP contribution is 2.30. The molecule has 0 fully saturated rings. The molecule has 0 unspecified atom stereocenters. The van der Waals surface area contributed by atoms with E-state index in [0.717, 1.165) is 28.6 Å².